The van der Waals surface area contributed by atoms with Crippen molar-refractivity contribution < 1.29 is 19.4 Å². The second kappa shape index (κ2) is 4.85. The van der Waals surface area contributed by atoms with Gasteiger partial charge in [0.25, 0.3) is 5.91 Å². The van der Waals surface area contributed by atoms with Gasteiger partial charge < -0.3 is 15.2 Å². The van der Waals surface area contributed by atoms with E-state index >= 15 is 0 Å². The van der Waals surface area contributed by atoms with Gasteiger partial charge in [0.2, 0.25) is 0 Å². The molecule has 0 bridgehead atoms. The zero-order valence-corrected chi connectivity index (χ0v) is 10.2. The minimum Gasteiger partial charge on any atom is -0.477 e. The van der Waals surface area contributed by atoms with Crippen LogP contribution >= 0.6 is 11.3 Å². The number of hydrogen-bond donors (Lipinski definition) is 2. The van der Waals surface area contributed by atoms with Crippen LogP contribution in [0.3, 0.4) is 0 Å². The lowest BCUT2D eigenvalue weighted by atomic mass is 10.2. The molecule has 1 aliphatic rings. The van der Waals surface area contributed by atoms with Gasteiger partial charge in [-0.3, -0.25) is 4.79 Å². The van der Waals surface area contributed by atoms with Crippen LogP contribution < -0.4 is 5.32 Å². The number of carbonyl (C=O) groups is 2. The quantitative estimate of drug-likeness (QED) is 0.864. The van der Waals surface area contributed by atoms with Gasteiger partial charge in [0.15, 0.2) is 0 Å². The van der Waals surface area contributed by atoms with E-state index in [4.69, 9.17) is 9.84 Å². The molecule has 0 aliphatic carbocycles. The number of ether oxygens (including phenoxy) is 1. The molecule has 2 heterocycles. The molecule has 1 atom stereocenters. The smallest absolute Gasteiger partial charge is 0.346 e. The van der Waals surface area contributed by atoms with Crippen LogP contribution in [0.2, 0.25) is 0 Å². The first-order valence-corrected chi connectivity index (χ1v) is 6.16. The van der Waals surface area contributed by atoms with E-state index in [0.717, 1.165) is 24.2 Å². The summed E-state index contributed by atoms with van der Waals surface area (Å²) in [5.41, 5.74) is 0.658. The third-order valence-electron chi connectivity index (χ3n) is 2.58. The van der Waals surface area contributed by atoms with Crippen LogP contribution in [0.25, 0.3) is 0 Å². The van der Waals surface area contributed by atoms with Gasteiger partial charge >= 0.3 is 5.97 Å². The van der Waals surface area contributed by atoms with Crippen molar-refractivity contribution in [3.8, 4) is 0 Å². The minimum atomic E-state index is -0.967. The molecule has 5 nitrogen and oxygen atoms in total. The lowest BCUT2D eigenvalue weighted by molar-refractivity contribution is -0.124. The highest BCUT2D eigenvalue weighted by molar-refractivity contribution is 7.18. The van der Waals surface area contributed by atoms with Crippen molar-refractivity contribution in [1.82, 2.24) is 0 Å². The fourth-order valence-electron chi connectivity index (χ4n) is 1.74. The summed E-state index contributed by atoms with van der Waals surface area (Å²) in [6.45, 7) is 2.32. The summed E-state index contributed by atoms with van der Waals surface area (Å²) >= 11 is 1.07. The van der Waals surface area contributed by atoms with Gasteiger partial charge in [-0.15, -0.1) is 11.3 Å². The van der Waals surface area contributed by atoms with Gasteiger partial charge in [0.1, 0.15) is 11.0 Å². The first-order valence-electron chi connectivity index (χ1n) is 5.34. The number of hydrogen-bond acceptors (Lipinski definition) is 4. The number of carboxylic acid groups (broad SMARTS) is 1. The molecule has 1 saturated heterocycles. The van der Waals surface area contributed by atoms with E-state index in [1.54, 1.807) is 13.0 Å². The number of carboxylic acids is 1. The van der Waals surface area contributed by atoms with E-state index in [1.165, 1.54) is 0 Å². The molecule has 2 rings (SSSR count). The highest BCUT2D eigenvalue weighted by Crippen LogP contribution is 2.27. The Balaban J connectivity index is 2.05. The zero-order valence-electron chi connectivity index (χ0n) is 9.36. The molecule has 0 aromatic carbocycles. The molecule has 1 fully saturated rings. The highest BCUT2D eigenvalue weighted by atomic mass is 32.1. The minimum absolute atomic E-state index is 0.194. The summed E-state index contributed by atoms with van der Waals surface area (Å²) in [4.78, 5) is 22.8. The van der Waals surface area contributed by atoms with E-state index in [9.17, 15) is 9.59 Å². The van der Waals surface area contributed by atoms with Crippen LogP contribution in [0, 0.1) is 6.92 Å². The summed E-state index contributed by atoms with van der Waals surface area (Å²) in [6, 6.07) is 1.67. The van der Waals surface area contributed by atoms with Gasteiger partial charge in [-0.25, -0.2) is 4.79 Å². The van der Waals surface area contributed by atoms with E-state index in [0.29, 0.717) is 17.2 Å². The molecular formula is C11H13NO4S. The summed E-state index contributed by atoms with van der Waals surface area (Å²) in [5.74, 6) is -1.16. The van der Waals surface area contributed by atoms with Crippen molar-refractivity contribution in [3.05, 3.63) is 16.5 Å². The Kier molecular flexibility index (Phi) is 3.44. The largest absolute Gasteiger partial charge is 0.477 e. The van der Waals surface area contributed by atoms with E-state index in [2.05, 4.69) is 5.32 Å². The second-order valence-electron chi connectivity index (χ2n) is 3.92. The number of aromatic carboxylic acids is 1. The zero-order chi connectivity index (χ0) is 12.4. The van der Waals surface area contributed by atoms with Gasteiger partial charge in [0, 0.05) is 6.61 Å². The van der Waals surface area contributed by atoms with Crippen molar-refractivity contribution in [2.75, 3.05) is 11.9 Å². The Bertz CT molecular complexity index is 448. The van der Waals surface area contributed by atoms with Crippen LogP contribution in [0.1, 0.15) is 28.1 Å². The molecule has 1 aromatic rings. The van der Waals surface area contributed by atoms with Gasteiger partial charge in [0.05, 0.1) is 5.00 Å². The van der Waals surface area contributed by atoms with Crippen molar-refractivity contribution >= 4 is 28.2 Å². The van der Waals surface area contributed by atoms with Gasteiger partial charge in [-0.05, 0) is 31.4 Å². The summed E-state index contributed by atoms with van der Waals surface area (Å²) in [7, 11) is 0. The standard InChI is InChI=1S/C11H13NO4S/c1-6-5-8(17-9(6)11(14)15)12-10(13)7-3-2-4-16-7/h5,7H,2-4H2,1H3,(H,12,13)(H,14,15)/t7-/m1/s1. The maximum Gasteiger partial charge on any atom is 0.346 e. The molecule has 0 spiro atoms. The number of aryl methyl sites for hydroxylation is 1. The highest BCUT2D eigenvalue weighted by Gasteiger charge is 2.24. The lowest BCUT2D eigenvalue weighted by Gasteiger charge is -2.08. The molecule has 17 heavy (non-hydrogen) atoms. The van der Waals surface area contributed by atoms with Gasteiger partial charge in [-0.1, -0.05) is 0 Å². The molecule has 1 aliphatic heterocycles. The summed E-state index contributed by atoms with van der Waals surface area (Å²) < 4.78 is 5.25. The second-order valence-corrected chi connectivity index (χ2v) is 4.97. The summed E-state index contributed by atoms with van der Waals surface area (Å²) in [6.07, 6.45) is 1.22. The molecule has 1 amide bonds. The number of amides is 1. The maximum absolute atomic E-state index is 11.7. The first-order chi connectivity index (χ1) is 8.08. The Morgan fingerprint density at radius 3 is 2.88 bits per heavy atom. The van der Waals surface area contributed by atoms with E-state index < -0.39 is 12.1 Å². The van der Waals surface area contributed by atoms with Crippen molar-refractivity contribution in [1.29, 1.82) is 0 Å². The SMILES string of the molecule is Cc1cc(NC(=O)[C@H]2CCCO2)sc1C(=O)O. The fraction of sp³-hybridized carbons (Fsp3) is 0.455. The van der Waals surface area contributed by atoms with Crippen LogP contribution in [-0.2, 0) is 9.53 Å². The number of carbonyl (C=O) groups excluding carboxylic acids is 1. The predicted octanol–water partition coefficient (Wildman–Crippen LogP) is 1.87. The average Bonchev–Trinajstić information content (AvgIpc) is 2.86. The fourth-order valence-corrected chi connectivity index (χ4v) is 2.66. The molecule has 2 N–H and O–H groups in total. The predicted molar refractivity (Wildman–Crippen MR) is 63.6 cm³/mol. The van der Waals surface area contributed by atoms with Crippen LogP contribution in [-0.4, -0.2) is 29.7 Å². The van der Waals surface area contributed by atoms with Crippen molar-refractivity contribution in [2.45, 2.75) is 25.9 Å². The molecule has 6 heteroatoms. The Labute approximate surface area is 102 Å². The third-order valence-corrected chi connectivity index (χ3v) is 3.72. The number of thiophene rings is 1. The molecule has 0 unspecified atom stereocenters. The van der Waals surface area contributed by atoms with Gasteiger partial charge in [-0.2, -0.15) is 0 Å². The Morgan fingerprint density at radius 2 is 2.35 bits per heavy atom. The van der Waals surface area contributed by atoms with Crippen LogP contribution in [0.5, 0.6) is 0 Å². The maximum atomic E-state index is 11.7. The number of anilines is 1. The normalized spacial score (nSPS) is 19.2. The number of nitrogens with one attached hydrogen (secondary N) is 1. The first kappa shape index (κ1) is 12.1. The van der Waals surface area contributed by atoms with Crippen LogP contribution in [0.15, 0.2) is 6.07 Å². The molecule has 1 aromatic heterocycles. The molecule has 0 radical (unpaired) electrons. The van der Waals surface area contributed by atoms with Crippen molar-refractivity contribution in [2.24, 2.45) is 0 Å². The molecule has 92 valence electrons. The summed E-state index contributed by atoms with van der Waals surface area (Å²) in [5, 5.41) is 12.1. The molecule has 0 saturated carbocycles. The third kappa shape index (κ3) is 2.65. The Morgan fingerprint density at radius 1 is 1.59 bits per heavy atom. The Hall–Kier alpha value is -1.40. The lowest BCUT2D eigenvalue weighted by Crippen LogP contribution is -2.26. The topological polar surface area (TPSA) is 75.6 Å². The van der Waals surface area contributed by atoms with Crippen LogP contribution in [0.4, 0.5) is 5.00 Å². The van der Waals surface area contributed by atoms with E-state index in [1.807, 2.05) is 0 Å². The average molecular weight is 255 g/mol. The van der Waals surface area contributed by atoms with E-state index in [-0.39, 0.29) is 10.8 Å². The van der Waals surface area contributed by atoms with Crippen molar-refractivity contribution in [3.63, 3.8) is 0 Å². The molecular weight excluding hydrogens is 242 g/mol. The number of rotatable bonds is 3. The monoisotopic (exact) mass is 255 g/mol.